The van der Waals surface area contributed by atoms with Crippen molar-refractivity contribution in [1.29, 1.82) is 0 Å². The molecule has 0 spiro atoms. The van der Waals surface area contributed by atoms with Crippen molar-refractivity contribution in [3.63, 3.8) is 0 Å². The molecule has 1 N–H and O–H groups in total. The Labute approximate surface area is 197 Å². The Morgan fingerprint density at radius 3 is 2.33 bits per heavy atom. The van der Waals surface area contributed by atoms with Gasteiger partial charge in [-0.1, -0.05) is 13.8 Å². The molecule has 0 aliphatic carbocycles. The van der Waals surface area contributed by atoms with E-state index >= 15 is 0 Å². The maximum Gasteiger partial charge on any atom is 0.225 e. The van der Waals surface area contributed by atoms with Crippen molar-refractivity contribution in [1.82, 2.24) is 35.2 Å². The Balaban J connectivity index is 0.000000183. The minimum Gasteiger partial charge on any atom is -0.508 e. The van der Waals surface area contributed by atoms with Gasteiger partial charge in [-0.3, -0.25) is 0 Å². The molecule has 3 aromatic heterocycles. The average Bonchev–Trinajstić information content (AvgIpc) is 3.58. The lowest BCUT2D eigenvalue weighted by molar-refractivity contribution is 0.475. The maximum atomic E-state index is 8.99. The first kappa shape index (κ1) is 22.8. The van der Waals surface area contributed by atoms with Gasteiger partial charge in [0.2, 0.25) is 5.95 Å². The Morgan fingerprint density at radius 2 is 1.76 bits per heavy atom. The van der Waals surface area contributed by atoms with Crippen molar-refractivity contribution in [3.05, 3.63) is 64.6 Å². The summed E-state index contributed by atoms with van der Waals surface area (Å²) in [6.07, 6.45) is 9.71. The van der Waals surface area contributed by atoms with Crippen LogP contribution < -0.4 is 4.90 Å². The van der Waals surface area contributed by atoms with E-state index in [1.807, 2.05) is 23.7 Å². The zero-order chi connectivity index (χ0) is 23.0. The van der Waals surface area contributed by atoms with Gasteiger partial charge >= 0.3 is 0 Å². The Hall–Kier alpha value is -3.40. The van der Waals surface area contributed by atoms with E-state index in [1.54, 1.807) is 24.3 Å². The molecular weight excluding hydrogens is 436 g/mol. The van der Waals surface area contributed by atoms with E-state index in [4.69, 9.17) is 10.1 Å². The first-order chi connectivity index (χ1) is 16.2. The van der Waals surface area contributed by atoms with Crippen molar-refractivity contribution in [2.24, 2.45) is 0 Å². The largest absolute Gasteiger partial charge is 0.508 e. The molecule has 1 aliphatic heterocycles. The van der Waals surface area contributed by atoms with Crippen molar-refractivity contribution < 1.29 is 5.11 Å². The van der Waals surface area contributed by atoms with Gasteiger partial charge in [0.05, 0.1) is 16.4 Å². The Morgan fingerprint density at radius 1 is 1.03 bits per heavy atom. The van der Waals surface area contributed by atoms with Crippen LogP contribution in [-0.4, -0.2) is 53.4 Å². The van der Waals surface area contributed by atoms with Crippen LogP contribution in [0.3, 0.4) is 0 Å². The molecule has 0 unspecified atom stereocenters. The van der Waals surface area contributed by atoms with Crippen LogP contribution in [0, 0.1) is 0 Å². The maximum absolute atomic E-state index is 8.99. The molecule has 172 valence electrons. The highest BCUT2D eigenvalue weighted by molar-refractivity contribution is 7.09. The summed E-state index contributed by atoms with van der Waals surface area (Å²) < 4.78 is 1.51. The molecule has 1 saturated heterocycles. The zero-order valence-corrected chi connectivity index (χ0v) is 19.7. The fourth-order valence-corrected chi connectivity index (χ4v) is 4.65. The molecule has 5 rings (SSSR count). The molecular formula is C23H28N8OS. The molecule has 0 atom stereocenters. The van der Waals surface area contributed by atoms with Crippen molar-refractivity contribution in [2.45, 2.75) is 45.4 Å². The topological polar surface area (TPSA) is 106 Å². The molecule has 33 heavy (non-hydrogen) atoms. The molecule has 10 heteroatoms. The van der Waals surface area contributed by atoms with Crippen LogP contribution in [0.15, 0.2) is 48.4 Å². The fraction of sp³-hybridized carbons (Fsp3) is 0.391. The van der Waals surface area contributed by atoms with Crippen LogP contribution in [0.5, 0.6) is 5.75 Å². The van der Waals surface area contributed by atoms with Gasteiger partial charge < -0.3 is 10.0 Å². The highest BCUT2D eigenvalue weighted by Gasteiger charge is 2.24. The van der Waals surface area contributed by atoms with Crippen molar-refractivity contribution >= 4 is 17.3 Å². The fourth-order valence-electron chi connectivity index (χ4n) is 3.58. The number of hydrogen-bond acceptors (Lipinski definition) is 9. The van der Waals surface area contributed by atoms with E-state index < -0.39 is 0 Å². The van der Waals surface area contributed by atoms with Crippen molar-refractivity contribution in [2.75, 3.05) is 18.0 Å². The van der Waals surface area contributed by atoms with Gasteiger partial charge in [-0.05, 0) is 65.9 Å². The lowest BCUT2D eigenvalue weighted by Gasteiger charge is -2.31. The monoisotopic (exact) mass is 464 g/mol. The lowest BCUT2D eigenvalue weighted by atomic mass is 9.98. The summed E-state index contributed by atoms with van der Waals surface area (Å²) in [5.41, 5.74) is 3.25. The number of hydrogen-bond donors (Lipinski definition) is 1. The normalized spacial score (nSPS) is 14.1. The molecule has 0 bridgehead atoms. The van der Waals surface area contributed by atoms with Crippen LogP contribution >= 0.6 is 11.3 Å². The predicted molar refractivity (Wildman–Crippen MR) is 128 cm³/mol. The van der Waals surface area contributed by atoms with Gasteiger partial charge in [0.15, 0.2) is 0 Å². The van der Waals surface area contributed by atoms with Crippen molar-refractivity contribution in [3.8, 4) is 11.4 Å². The van der Waals surface area contributed by atoms with E-state index in [1.165, 1.54) is 27.3 Å². The van der Waals surface area contributed by atoms with Gasteiger partial charge in [0, 0.05) is 36.8 Å². The molecule has 1 fully saturated rings. The van der Waals surface area contributed by atoms with E-state index in [9.17, 15) is 0 Å². The molecule has 0 radical (unpaired) electrons. The summed E-state index contributed by atoms with van der Waals surface area (Å²) in [7, 11) is 0. The van der Waals surface area contributed by atoms with E-state index in [-0.39, 0.29) is 5.75 Å². The Kier molecular flexibility index (Phi) is 7.56. The lowest BCUT2D eigenvalue weighted by Crippen LogP contribution is -2.34. The third kappa shape index (κ3) is 5.89. The molecule has 1 aromatic carbocycles. The van der Waals surface area contributed by atoms with Crippen LogP contribution in [-0.2, 0) is 12.8 Å². The van der Waals surface area contributed by atoms with E-state index in [0.717, 1.165) is 50.4 Å². The van der Waals surface area contributed by atoms with E-state index in [2.05, 4.69) is 49.6 Å². The molecule has 4 aromatic rings. The summed E-state index contributed by atoms with van der Waals surface area (Å²) in [4.78, 5) is 16.0. The number of benzene rings is 1. The number of anilines is 1. The highest BCUT2D eigenvalue weighted by Crippen LogP contribution is 2.31. The summed E-state index contributed by atoms with van der Waals surface area (Å²) in [5.74, 6) is 1.72. The van der Waals surface area contributed by atoms with Crippen LogP contribution in [0.25, 0.3) is 5.69 Å². The molecule has 0 saturated carbocycles. The molecule has 4 heterocycles. The highest BCUT2D eigenvalue weighted by atomic mass is 32.1. The summed E-state index contributed by atoms with van der Waals surface area (Å²) in [5, 5.41) is 23.2. The Bertz CT molecular complexity index is 1100. The molecule has 0 amide bonds. The first-order valence-electron chi connectivity index (χ1n) is 11.2. The molecule has 9 nitrogen and oxygen atoms in total. The van der Waals surface area contributed by atoms with Crippen LogP contribution in [0.1, 0.15) is 48.9 Å². The number of piperidine rings is 1. The van der Waals surface area contributed by atoms with E-state index in [0.29, 0.717) is 5.92 Å². The minimum atomic E-state index is 0.229. The number of phenolic OH excluding ortho intramolecular Hbond substituents is 1. The van der Waals surface area contributed by atoms with Gasteiger partial charge in [0.1, 0.15) is 12.1 Å². The van der Waals surface area contributed by atoms with Gasteiger partial charge in [-0.15, -0.1) is 16.4 Å². The second-order valence-electron chi connectivity index (χ2n) is 7.81. The smallest absolute Gasteiger partial charge is 0.225 e. The predicted octanol–water partition coefficient (Wildman–Crippen LogP) is 3.81. The average molecular weight is 465 g/mol. The quantitative estimate of drug-likeness (QED) is 0.475. The summed E-state index contributed by atoms with van der Waals surface area (Å²) in [6, 6.07) is 6.62. The summed E-state index contributed by atoms with van der Waals surface area (Å²) >= 11 is 1.82. The standard InChI is InChI=1S/C16H22N4S.C7H6N4O/c1-3-12-9-17-16(18-10-12)20-7-5-13(6-8-20)15-19-14(4-2)11-21-15;12-7-3-1-6(2-4-7)11-5-8-9-10-11/h9-11,13H,3-8H2,1-2H3;1-5,12H. The zero-order valence-electron chi connectivity index (χ0n) is 18.9. The van der Waals surface area contributed by atoms with Crippen LogP contribution in [0.4, 0.5) is 5.95 Å². The number of nitrogens with zero attached hydrogens (tertiary/aromatic N) is 8. The third-order valence-electron chi connectivity index (χ3n) is 5.62. The number of aromatic hydroxyl groups is 1. The van der Waals surface area contributed by atoms with Gasteiger partial charge in [-0.2, -0.15) is 0 Å². The van der Waals surface area contributed by atoms with Gasteiger partial charge in [0.25, 0.3) is 0 Å². The molecule has 1 aliphatic rings. The van der Waals surface area contributed by atoms with Gasteiger partial charge in [-0.25, -0.2) is 19.6 Å². The number of tetrazole rings is 1. The number of phenols is 1. The number of aryl methyl sites for hydroxylation is 2. The van der Waals surface area contributed by atoms with Crippen LogP contribution in [0.2, 0.25) is 0 Å². The minimum absolute atomic E-state index is 0.229. The summed E-state index contributed by atoms with van der Waals surface area (Å²) in [6.45, 7) is 6.34. The first-order valence-corrected chi connectivity index (χ1v) is 12.1. The number of thiazole rings is 1. The number of rotatable bonds is 5. The second-order valence-corrected chi connectivity index (χ2v) is 8.70. The second kappa shape index (κ2) is 11.0. The third-order valence-corrected chi connectivity index (χ3v) is 6.68. The number of aromatic nitrogens is 7. The SMILES string of the molecule is CCc1cnc(N2CCC(c3nc(CC)cs3)CC2)nc1.Oc1ccc(-n2cnnn2)cc1.